The predicted octanol–water partition coefficient (Wildman–Crippen LogP) is 5.37. The molecular weight excluding hydrogens is 719 g/mol. The summed E-state index contributed by atoms with van der Waals surface area (Å²) in [6, 6.07) is 4.62. The standard InChI is InChI=1S/C32H33BrF3N5O8/c1-39-6-8-40(9-7-39)31(44)49-19-12-18-21(22-23(30(43)48-5)28(32(34,35)36)38-25(19)22)16(13-33)14-41(18)29(42)17-10-15-11-20(45-2)26(46-3)27(47-4)24(15)37-17/h10-12,16,37-38H,6-9,13-14H2,1-5H3/t16-/m1/s1. The minimum Gasteiger partial charge on any atom is -0.493 e. The van der Waals surface area contributed by atoms with Crippen LogP contribution in [0.3, 0.4) is 0 Å². The Morgan fingerprint density at radius 2 is 1.61 bits per heavy atom. The van der Waals surface area contributed by atoms with Crippen LogP contribution < -0.4 is 23.8 Å². The second kappa shape index (κ2) is 13.0. The zero-order chi connectivity index (χ0) is 35.4. The van der Waals surface area contributed by atoms with Gasteiger partial charge in [0.1, 0.15) is 11.4 Å². The summed E-state index contributed by atoms with van der Waals surface area (Å²) in [6.07, 6.45) is -5.78. The van der Waals surface area contributed by atoms with Gasteiger partial charge in [0.2, 0.25) is 5.75 Å². The average molecular weight is 753 g/mol. The van der Waals surface area contributed by atoms with Crippen LogP contribution in [0.4, 0.5) is 23.7 Å². The highest BCUT2D eigenvalue weighted by Crippen LogP contribution is 2.50. The largest absolute Gasteiger partial charge is 0.493 e. The van der Waals surface area contributed by atoms with E-state index in [1.165, 1.54) is 37.2 Å². The number of benzene rings is 2. The molecule has 4 aromatic rings. The molecule has 2 aromatic heterocycles. The Bertz CT molecular complexity index is 1970. The highest BCUT2D eigenvalue weighted by atomic mass is 79.9. The number of amides is 2. The van der Waals surface area contributed by atoms with Crippen LogP contribution in [0.15, 0.2) is 18.2 Å². The highest BCUT2D eigenvalue weighted by Gasteiger charge is 2.44. The Hall–Kier alpha value is -4.64. The van der Waals surface area contributed by atoms with E-state index in [-0.39, 0.29) is 45.5 Å². The van der Waals surface area contributed by atoms with Crippen LogP contribution in [0.1, 0.15) is 38.0 Å². The molecule has 0 aliphatic carbocycles. The molecule has 0 spiro atoms. The number of nitrogens with one attached hydrogen (secondary N) is 2. The minimum atomic E-state index is -5.00. The second-order valence-corrected chi connectivity index (χ2v) is 12.3. The number of alkyl halides is 4. The van der Waals surface area contributed by atoms with Crippen LogP contribution in [-0.2, 0) is 10.9 Å². The molecule has 13 nitrogen and oxygen atoms in total. The summed E-state index contributed by atoms with van der Waals surface area (Å²) in [5, 5.41) is 0.645. The zero-order valence-electron chi connectivity index (χ0n) is 27.2. The van der Waals surface area contributed by atoms with Crippen molar-refractivity contribution < 1.29 is 51.2 Å². The van der Waals surface area contributed by atoms with Crippen LogP contribution in [0.25, 0.3) is 21.8 Å². The number of esters is 1. The van der Waals surface area contributed by atoms with Gasteiger partial charge in [-0.15, -0.1) is 0 Å². The van der Waals surface area contributed by atoms with Crippen LogP contribution >= 0.6 is 15.9 Å². The number of anilines is 1. The first-order chi connectivity index (χ1) is 23.4. The summed E-state index contributed by atoms with van der Waals surface area (Å²) in [5.41, 5.74) is -1.32. The third-order valence-corrected chi connectivity index (χ3v) is 9.66. The number of likely N-dealkylation sites (N-methyl/N-ethyl adjacent to an activating group) is 1. The molecule has 2 aliphatic rings. The maximum atomic E-state index is 14.5. The lowest BCUT2D eigenvalue weighted by atomic mass is 9.95. The van der Waals surface area contributed by atoms with Gasteiger partial charge >= 0.3 is 18.2 Å². The smallest absolute Gasteiger partial charge is 0.432 e. The lowest BCUT2D eigenvalue weighted by Crippen LogP contribution is -2.48. The van der Waals surface area contributed by atoms with E-state index in [2.05, 4.69) is 25.9 Å². The van der Waals surface area contributed by atoms with Gasteiger partial charge in [-0.25, -0.2) is 9.59 Å². The molecule has 0 unspecified atom stereocenters. The molecular formula is C32H33BrF3N5O8. The van der Waals surface area contributed by atoms with Crippen molar-refractivity contribution in [1.82, 2.24) is 19.8 Å². The maximum Gasteiger partial charge on any atom is 0.432 e. The van der Waals surface area contributed by atoms with Crippen LogP contribution in [-0.4, -0.2) is 111 Å². The van der Waals surface area contributed by atoms with E-state index in [4.69, 9.17) is 23.7 Å². The number of H-pyrrole nitrogens is 2. The monoisotopic (exact) mass is 751 g/mol. The number of piperazine rings is 1. The SMILES string of the molecule is COC(=O)c1c(C(F)(F)F)[nH]c2c(OC(=O)N3CCN(C)CC3)cc3c(c12)[C@H](CBr)CN3C(=O)c1cc2cc(OC)c(OC)c(OC)c2[nH]1. The fourth-order valence-electron chi connectivity index (χ4n) is 6.47. The Kier molecular flexibility index (Phi) is 9.08. The first-order valence-corrected chi connectivity index (χ1v) is 16.2. The van der Waals surface area contributed by atoms with Crippen molar-refractivity contribution in [2.75, 3.05) is 78.4 Å². The average Bonchev–Trinajstić information content (AvgIpc) is 3.80. The van der Waals surface area contributed by atoms with Crippen molar-refractivity contribution in [1.29, 1.82) is 0 Å². The second-order valence-electron chi connectivity index (χ2n) is 11.6. The van der Waals surface area contributed by atoms with Gasteiger partial charge in [-0.3, -0.25) is 4.79 Å². The number of rotatable bonds is 7. The van der Waals surface area contributed by atoms with Crippen LogP contribution in [0.5, 0.6) is 23.0 Å². The molecule has 0 bridgehead atoms. The van der Waals surface area contributed by atoms with Crippen molar-refractivity contribution in [2.45, 2.75) is 12.1 Å². The van der Waals surface area contributed by atoms with E-state index in [1.807, 2.05) is 11.9 Å². The van der Waals surface area contributed by atoms with Gasteiger partial charge in [0.15, 0.2) is 17.2 Å². The topological polar surface area (TPSA) is 139 Å². The zero-order valence-corrected chi connectivity index (χ0v) is 28.8. The lowest BCUT2D eigenvalue weighted by molar-refractivity contribution is -0.141. The Labute approximate surface area is 286 Å². The fraction of sp³-hybridized carbons (Fsp3) is 0.406. The first kappa shape index (κ1) is 34.2. The summed E-state index contributed by atoms with van der Waals surface area (Å²) in [5.74, 6) is -1.65. The first-order valence-electron chi connectivity index (χ1n) is 15.1. The third-order valence-electron chi connectivity index (χ3n) is 8.88. The number of hydrogen-bond acceptors (Lipinski definition) is 9. The van der Waals surface area contributed by atoms with Crippen molar-refractivity contribution in [2.24, 2.45) is 0 Å². The molecule has 6 rings (SSSR count). The molecule has 49 heavy (non-hydrogen) atoms. The number of nitrogens with zero attached hydrogens (tertiary/aromatic N) is 3. The molecule has 1 fully saturated rings. The van der Waals surface area contributed by atoms with Crippen molar-refractivity contribution in [3.05, 3.63) is 40.7 Å². The van der Waals surface area contributed by atoms with Gasteiger partial charge < -0.3 is 48.4 Å². The molecule has 2 amide bonds. The van der Waals surface area contributed by atoms with Gasteiger partial charge in [-0.05, 0) is 24.7 Å². The molecule has 0 saturated carbocycles. The van der Waals surface area contributed by atoms with Gasteiger partial charge in [-0.2, -0.15) is 13.2 Å². The van der Waals surface area contributed by atoms with E-state index in [0.29, 0.717) is 54.3 Å². The molecule has 4 heterocycles. The summed E-state index contributed by atoms with van der Waals surface area (Å²) in [7, 11) is 7.24. The Morgan fingerprint density at radius 3 is 2.20 bits per heavy atom. The molecule has 1 atom stereocenters. The minimum absolute atomic E-state index is 0.0245. The summed E-state index contributed by atoms with van der Waals surface area (Å²) in [6.45, 7) is 1.85. The number of carbonyl (C=O) groups excluding carboxylic acids is 3. The lowest BCUT2D eigenvalue weighted by Gasteiger charge is -2.31. The van der Waals surface area contributed by atoms with Crippen molar-refractivity contribution in [3.8, 4) is 23.0 Å². The molecule has 2 aliphatic heterocycles. The number of methoxy groups -OCH3 is 4. The third kappa shape index (κ3) is 5.77. The number of halogens is 4. The number of aromatic amines is 2. The highest BCUT2D eigenvalue weighted by molar-refractivity contribution is 9.09. The quantitative estimate of drug-likeness (QED) is 0.189. The van der Waals surface area contributed by atoms with Crippen molar-refractivity contribution >= 4 is 61.4 Å². The van der Waals surface area contributed by atoms with E-state index in [9.17, 15) is 27.6 Å². The van der Waals surface area contributed by atoms with E-state index >= 15 is 0 Å². The number of hydrogen-bond donors (Lipinski definition) is 2. The molecule has 17 heteroatoms. The van der Waals surface area contributed by atoms with Gasteiger partial charge in [0.05, 0.1) is 50.7 Å². The Balaban J connectivity index is 1.54. The molecule has 2 aromatic carbocycles. The van der Waals surface area contributed by atoms with Crippen LogP contribution in [0.2, 0.25) is 0 Å². The number of aromatic nitrogens is 2. The molecule has 262 valence electrons. The summed E-state index contributed by atoms with van der Waals surface area (Å²) in [4.78, 5) is 51.0. The fourth-order valence-corrected chi connectivity index (χ4v) is 7.00. The predicted molar refractivity (Wildman–Crippen MR) is 176 cm³/mol. The number of carbonyl (C=O) groups is 3. The van der Waals surface area contributed by atoms with Crippen molar-refractivity contribution in [3.63, 3.8) is 0 Å². The van der Waals surface area contributed by atoms with E-state index in [0.717, 1.165) is 7.11 Å². The van der Waals surface area contributed by atoms with E-state index in [1.54, 1.807) is 12.1 Å². The van der Waals surface area contributed by atoms with Crippen LogP contribution in [0, 0.1) is 0 Å². The Morgan fingerprint density at radius 1 is 0.918 bits per heavy atom. The number of ether oxygens (including phenoxy) is 5. The van der Waals surface area contributed by atoms with Gasteiger partial charge in [-0.1, -0.05) is 15.9 Å². The maximum absolute atomic E-state index is 14.5. The summed E-state index contributed by atoms with van der Waals surface area (Å²) >= 11 is 3.45. The molecule has 1 saturated heterocycles. The van der Waals surface area contributed by atoms with Gasteiger partial charge in [0.25, 0.3) is 5.91 Å². The molecule has 2 N–H and O–H groups in total. The summed E-state index contributed by atoms with van der Waals surface area (Å²) < 4.78 is 70.5. The molecule has 0 radical (unpaired) electrons. The van der Waals surface area contributed by atoms with Gasteiger partial charge in [0, 0.05) is 60.8 Å². The van der Waals surface area contributed by atoms with E-state index < -0.39 is 41.3 Å². The normalized spacial score (nSPS) is 16.6. The number of fused-ring (bicyclic) bond motifs is 4.